The lowest BCUT2D eigenvalue weighted by molar-refractivity contribution is -0.141. The van der Waals surface area contributed by atoms with E-state index in [0.29, 0.717) is 11.4 Å². The second kappa shape index (κ2) is 5.86. The molecule has 0 aliphatic rings. The maximum Gasteiger partial charge on any atom is 0.435 e. The molecule has 2 rings (SSSR count). The Bertz CT molecular complexity index is 527. The van der Waals surface area contributed by atoms with Gasteiger partial charge in [0.1, 0.15) is 5.82 Å². The molecule has 2 aromatic rings. The quantitative estimate of drug-likeness (QED) is 0.706. The molecular formula is C13H14F4N2. The second-order valence-corrected chi connectivity index (χ2v) is 3.56. The molecule has 0 amide bonds. The third kappa shape index (κ3) is 3.56. The molecule has 0 saturated heterocycles. The predicted octanol–water partition coefficient (Wildman–Crippen LogP) is 4.36. The fourth-order valence-electron chi connectivity index (χ4n) is 1.46. The first kappa shape index (κ1) is 15.2. The molecule has 0 atom stereocenters. The summed E-state index contributed by atoms with van der Waals surface area (Å²) in [5.41, 5.74) is -0.234. The molecule has 1 aromatic carbocycles. The maximum absolute atomic E-state index is 12.7. The summed E-state index contributed by atoms with van der Waals surface area (Å²) in [6, 6.07) is 6.03. The summed E-state index contributed by atoms with van der Waals surface area (Å²) in [6.07, 6.45) is -4.48. The summed E-state index contributed by atoms with van der Waals surface area (Å²) in [5, 5.41) is 3.45. The van der Waals surface area contributed by atoms with Gasteiger partial charge in [-0.15, -0.1) is 0 Å². The molecule has 6 heteroatoms. The fourth-order valence-corrected chi connectivity index (χ4v) is 1.46. The number of benzene rings is 1. The highest BCUT2D eigenvalue weighted by atomic mass is 19.4. The van der Waals surface area contributed by atoms with Crippen LogP contribution >= 0.6 is 0 Å². The Labute approximate surface area is 108 Å². The summed E-state index contributed by atoms with van der Waals surface area (Å²) in [4.78, 5) is 0. The van der Waals surface area contributed by atoms with Gasteiger partial charge in [0.05, 0.1) is 5.69 Å². The van der Waals surface area contributed by atoms with Crippen LogP contribution in [-0.2, 0) is 6.18 Å². The Morgan fingerprint density at radius 2 is 1.58 bits per heavy atom. The predicted molar refractivity (Wildman–Crippen MR) is 64.6 cm³/mol. The highest BCUT2D eigenvalue weighted by Gasteiger charge is 2.34. The van der Waals surface area contributed by atoms with E-state index in [4.69, 9.17) is 0 Å². The molecule has 104 valence electrons. The maximum atomic E-state index is 12.7. The molecule has 0 aliphatic heterocycles. The fraction of sp³-hybridized carbons (Fsp3) is 0.308. The van der Waals surface area contributed by atoms with E-state index >= 15 is 0 Å². The zero-order valence-corrected chi connectivity index (χ0v) is 10.8. The summed E-state index contributed by atoms with van der Waals surface area (Å²) in [7, 11) is 0. The molecule has 1 heterocycles. The van der Waals surface area contributed by atoms with Gasteiger partial charge in [-0.25, -0.2) is 9.07 Å². The minimum absolute atomic E-state index is 0.337. The molecule has 1 aromatic heterocycles. The third-order valence-corrected chi connectivity index (χ3v) is 2.25. The van der Waals surface area contributed by atoms with Crippen molar-refractivity contribution in [3.05, 3.63) is 47.5 Å². The number of halogens is 4. The molecule has 2 nitrogen and oxygen atoms in total. The summed E-state index contributed by atoms with van der Waals surface area (Å²) < 4.78 is 51.1. The van der Waals surface area contributed by atoms with E-state index in [1.165, 1.54) is 31.2 Å². The summed E-state index contributed by atoms with van der Waals surface area (Å²) >= 11 is 0. The molecule has 0 aliphatic carbocycles. The standard InChI is InChI=1S/C11H8F4N2.C2H6/c1-7-6-10(11(13,14)15)16-17(7)9-4-2-8(12)3-5-9;1-2/h2-6H,1H3;1-2H3. The van der Waals surface area contributed by atoms with Crippen molar-refractivity contribution < 1.29 is 17.6 Å². The van der Waals surface area contributed by atoms with Gasteiger partial charge in [-0.3, -0.25) is 0 Å². The lowest BCUT2D eigenvalue weighted by Crippen LogP contribution is -2.07. The number of hydrogen-bond acceptors (Lipinski definition) is 1. The molecule has 0 bridgehead atoms. The first-order valence-electron chi connectivity index (χ1n) is 5.78. The molecule has 0 N–H and O–H groups in total. The van der Waals surface area contributed by atoms with E-state index in [2.05, 4.69) is 5.10 Å². The zero-order valence-electron chi connectivity index (χ0n) is 10.8. The van der Waals surface area contributed by atoms with Gasteiger partial charge in [-0.2, -0.15) is 18.3 Å². The van der Waals surface area contributed by atoms with Crippen molar-refractivity contribution >= 4 is 0 Å². The van der Waals surface area contributed by atoms with Crippen molar-refractivity contribution in [1.29, 1.82) is 0 Å². The van der Waals surface area contributed by atoms with Gasteiger partial charge in [0.15, 0.2) is 5.69 Å². The SMILES string of the molecule is CC.Cc1cc(C(F)(F)F)nn1-c1ccc(F)cc1. The van der Waals surface area contributed by atoms with Crippen molar-refractivity contribution in [3.8, 4) is 5.69 Å². The van der Waals surface area contributed by atoms with Gasteiger partial charge < -0.3 is 0 Å². The number of nitrogens with zero attached hydrogens (tertiary/aromatic N) is 2. The summed E-state index contributed by atoms with van der Waals surface area (Å²) in [5.74, 6) is -0.449. The van der Waals surface area contributed by atoms with Crippen LogP contribution in [0.3, 0.4) is 0 Å². The topological polar surface area (TPSA) is 17.8 Å². The Balaban J connectivity index is 0.000000861. The highest BCUT2D eigenvalue weighted by molar-refractivity contribution is 5.33. The van der Waals surface area contributed by atoms with Crippen LogP contribution in [0.15, 0.2) is 30.3 Å². The van der Waals surface area contributed by atoms with E-state index < -0.39 is 17.7 Å². The monoisotopic (exact) mass is 274 g/mol. The minimum atomic E-state index is -4.48. The van der Waals surface area contributed by atoms with Crippen LogP contribution in [0.4, 0.5) is 17.6 Å². The third-order valence-electron chi connectivity index (χ3n) is 2.25. The number of aromatic nitrogens is 2. The average molecular weight is 274 g/mol. The van der Waals surface area contributed by atoms with Crippen LogP contribution < -0.4 is 0 Å². The van der Waals surface area contributed by atoms with Crippen molar-refractivity contribution in [2.45, 2.75) is 26.9 Å². The van der Waals surface area contributed by atoms with Gasteiger partial charge in [0.25, 0.3) is 0 Å². The van der Waals surface area contributed by atoms with E-state index in [1.807, 2.05) is 13.8 Å². The minimum Gasteiger partial charge on any atom is -0.238 e. The molecule has 0 spiro atoms. The van der Waals surface area contributed by atoms with Crippen LogP contribution in [-0.4, -0.2) is 9.78 Å². The van der Waals surface area contributed by atoms with E-state index in [9.17, 15) is 17.6 Å². The van der Waals surface area contributed by atoms with Crippen LogP contribution in [0.25, 0.3) is 5.69 Å². The molecule has 19 heavy (non-hydrogen) atoms. The summed E-state index contributed by atoms with van der Waals surface area (Å²) in [6.45, 7) is 5.51. The smallest absolute Gasteiger partial charge is 0.238 e. The van der Waals surface area contributed by atoms with Crippen LogP contribution in [0.1, 0.15) is 25.2 Å². The molecule has 0 radical (unpaired) electrons. The van der Waals surface area contributed by atoms with Crippen LogP contribution in [0.2, 0.25) is 0 Å². The highest BCUT2D eigenvalue weighted by Crippen LogP contribution is 2.29. The van der Waals surface area contributed by atoms with Gasteiger partial charge in [0.2, 0.25) is 0 Å². The Hall–Kier alpha value is -1.85. The zero-order chi connectivity index (χ0) is 14.6. The number of rotatable bonds is 1. The van der Waals surface area contributed by atoms with Crippen molar-refractivity contribution in [2.75, 3.05) is 0 Å². The molecule has 0 unspecified atom stereocenters. The lowest BCUT2D eigenvalue weighted by atomic mass is 10.3. The van der Waals surface area contributed by atoms with Crippen molar-refractivity contribution in [3.63, 3.8) is 0 Å². The van der Waals surface area contributed by atoms with E-state index in [0.717, 1.165) is 10.7 Å². The molecular weight excluding hydrogens is 260 g/mol. The van der Waals surface area contributed by atoms with E-state index in [1.54, 1.807) is 0 Å². The molecule has 0 saturated carbocycles. The van der Waals surface area contributed by atoms with Crippen molar-refractivity contribution in [2.24, 2.45) is 0 Å². The normalized spacial score (nSPS) is 10.9. The van der Waals surface area contributed by atoms with Gasteiger partial charge in [-0.05, 0) is 37.3 Å². The van der Waals surface area contributed by atoms with Gasteiger partial charge in [-0.1, -0.05) is 13.8 Å². The first-order chi connectivity index (χ1) is 8.88. The Morgan fingerprint density at radius 1 is 1.05 bits per heavy atom. The Kier molecular flexibility index (Phi) is 4.69. The average Bonchev–Trinajstić information content (AvgIpc) is 2.75. The largest absolute Gasteiger partial charge is 0.435 e. The van der Waals surface area contributed by atoms with Gasteiger partial charge >= 0.3 is 6.18 Å². The Morgan fingerprint density at radius 3 is 2.00 bits per heavy atom. The molecule has 0 fully saturated rings. The second-order valence-electron chi connectivity index (χ2n) is 3.56. The van der Waals surface area contributed by atoms with Crippen LogP contribution in [0, 0.1) is 12.7 Å². The number of hydrogen-bond donors (Lipinski definition) is 0. The van der Waals surface area contributed by atoms with Crippen molar-refractivity contribution in [1.82, 2.24) is 9.78 Å². The first-order valence-corrected chi connectivity index (χ1v) is 5.78. The van der Waals surface area contributed by atoms with Crippen LogP contribution in [0.5, 0.6) is 0 Å². The van der Waals surface area contributed by atoms with Gasteiger partial charge in [0, 0.05) is 5.69 Å². The van der Waals surface area contributed by atoms with E-state index in [-0.39, 0.29) is 0 Å². The number of alkyl halides is 3. The number of aryl methyl sites for hydroxylation is 1. The lowest BCUT2D eigenvalue weighted by Gasteiger charge is -2.04.